The molecule has 1 N–H and O–H groups in total. The van der Waals surface area contributed by atoms with Gasteiger partial charge in [-0.15, -0.1) is 11.3 Å². The van der Waals surface area contributed by atoms with Gasteiger partial charge in [0.25, 0.3) is 0 Å². The van der Waals surface area contributed by atoms with E-state index in [-0.39, 0.29) is 6.04 Å². The molecule has 0 saturated heterocycles. The van der Waals surface area contributed by atoms with Gasteiger partial charge in [0.2, 0.25) is 0 Å². The molecule has 0 aliphatic carbocycles. The third kappa shape index (κ3) is 3.38. The molecule has 1 atom stereocenters. The fourth-order valence-corrected chi connectivity index (χ4v) is 3.26. The van der Waals surface area contributed by atoms with Crippen LogP contribution in [0.4, 0.5) is 0 Å². The molecule has 1 aromatic heterocycles. The van der Waals surface area contributed by atoms with Crippen LogP contribution in [0.5, 0.6) is 0 Å². The van der Waals surface area contributed by atoms with Crippen molar-refractivity contribution >= 4 is 22.9 Å². The van der Waals surface area contributed by atoms with E-state index in [4.69, 9.17) is 11.6 Å². The molecule has 1 heterocycles. The first kappa shape index (κ1) is 14.6. The summed E-state index contributed by atoms with van der Waals surface area (Å²) in [6.07, 6.45) is 1.13. The van der Waals surface area contributed by atoms with Crippen LogP contribution < -0.4 is 5.32 Å². The van der Waals surface area contributed by atoms with E-state index in [1.165, 1.54) is 16.0 Å². The molecule has 102 valence electrons. The second-order valence-corrected chi connectivity index (χ2v) is 6.25. The van der Waals surface area contributed by atoms with Crippen LogP contribution in [0, 0.1) is 13.8 Å². The lowest BCUT2D eigenvalue weighted by atomic mass is 9.97. The van der Waals surface area contributed by atoms with Gasteiger partial charge in [-0.1, -0.05) is 30.7 Å². The van der Waals surface area contributed by atoms with Crippen LogP contribution in [-0.4, -0.2) is 6.54 Å². The molecule has 0 amide bonds. The molecule has 0 aliphatic rings. The Morgan fingerprint density at radius 1 is 1.26 bits per heavy atom. The minimum absolute atomic E-state index is 0.274. The highest BCUT2D eigenvalue weighted by Crippen LogP contribution is 2.31. The number of nitrogens with one attached hydrogen (secondary N) is 1. The largest absolute Gasteiger partial charge is 0.306 e. The van der Waals surface area contributed by atoms with Gasteiger partial charge in [-0.05, 0) is 61.0 Å². The fraction of sp³-hybridized carbons (Fsp3) is 0.375. The Morgan fingerprint density at radius 3 is 2.68 bits per heavy atom. The first-order valence-corrected chi connectivity index (χ1v) is 7.92. The predicted octanol–water partition coefficient (Wildman–Crippen LogP) is 5.11. The Balaban J connectivity index is 2.40. The molecule has 1 unspecified atom stereocenters. The zero-order valence-electron chi connectivity index (χ0n) is 11.7. The van der Waals surface area contributed by atoms with Crippen LogP contribution in [0.15, 0.2) is 29.6 Å². The van der Waals surface area contributed by atoms with Gasteiger partial charge < -0.3 is 5.32 Å². The standard InChI is InChI=1S/C16H20ClNS/c1-4-7-18-16(15-6-5-8-19-15)13-9-12(3)14(17)10-11(13)2/h5-6,8-10,16,18H,4,7H2,1-3H3. The molecule has 3 heteroatoms. The zero-order valence-corrected chi connectivity index (χ0v) is 13.2. The predicted molar refractivity (Wildman–Crippen MR) is 85.4 cm³/mol. The van der Waals surface area contributed by atoms with E-state index in [9.17, 15) is 0 Å². The van der Waals surface area contributed by atoms with Crippen LogP contribution in [0.3, 0.4) is 0 Å². The summed E-state index contributed by atoms with van der Waals surface area (Å²) >= 11 is 8.00. The van der Waals surface area contributed by atoms with Crippen molar-refractivity contribution in [3.8, 4) is 0 Å². The van der Waals surface area contributed by atoms with Gasteiger partial charge in [-0.25, -0.2) is 0 Å². The molecule has 1 nitrogen and oxygen atoms in total. The quantitative estimate of drug-likeness (QED) is 0.808. The molecular weight excluding hydrogens is 274 g/mol. The van der Waals surface area contributed by atoms with Crippen molar-refractivity contribution in [1.29, 1.82) is 0 Å². The topological polar surface area (TPSA) is 12.0 Å². The van der Waals surface area contributed by atoms with E-state index < -0.39 is 0 Å². The molecule has 0 aliphatic heterocycles. The first-order chi connectivity index (χ1) is 9.13. The molecule has 0 saturated carbocycles. The maximum atomic E-state index is 6.20. The van der Waals surface area contributed by atoms with Gasteiger partial charge in [0, 0.05) is 9.90 Å². The smallest absolute Gasteiger partial charge is 0.0673 e. The second kappa shape index (κ2) is 6.56. The number of rotatable bonds is 5. The Bertz CT molecular complexity index is 534. The van der Waals surface area contributed by atoms with Gasteiger partial charge in [0.15, 0.2) is 0 Å². The van der Waals surface area contributed by atoms with E-state index >= 15 is 0 Å². The monoisotopic (exact) mass is 293 g/mol. The molecule has 2 rings (SSSR count). The molecule has 2 aromatic rings. The van der Waals surface area contributed by atoms with Crippen molar-refractivity contribution in [3.05, 3.63) is 56.2 Å². The van der Waals surface area contributed by atoms with Crippen LogP contribution in [-0.2, 0) is 0 Å². The number of hydrogen-bond acceptors (Lipinski definition) is 2. The fourth-order valence-electron chi connectivity index (χ4n) is 2.22. The van der Waals surface area contributed by atoms with Gasteiger partial charge in [-0.2, -0.15) is 0 Å². The van der Waals surface area contributed by atoms with Crippen LogP contribution in [0.1, 0.15) is 41.0 Å². The maximum absolute atomic E-state index is 6.20. The minimum Gasteiger partial charge on any atom is -0.306 e. The lowest BCUT2D eigenvalue weighted by Crippen LogP contribution is -2.23. The average molecular weight is 294 g/mol. The van der Waals surface area contributed by atoms with E-state index in [1.807, 2.05) is 0 Å². The molecule has 19 heavy (non-hydrogen) atoms. The molecule has 0 fully saturated rings. The summed E-state index contributed by atoms with van der Waals surface area (Å²) in [6.45, 7) is 7.41. The Labute approximate surface area is 124 Å². The van der Waals surface area contributed by atoms with Crippen molar-refractivity contribution in [2.75, 3.05) is 6.54 Å². The normalized spacial score (nSPS) is 12.6. The highest BCUT2D eigenvalue weighted by Gasteiger charge is 2.17. The van der Waals surface area contributed by atoms with E-state index in [2.05, 4.69) is 55.7 Å². The van der Waals surface area contributed by atoms with Gasteiger partial charge in [-0.3, -0.25) is 0 Å². The minimum atomic E-state index is 0.274. The van der Waals surface area contributed by atoms with Crippen molar-refractivity contribution in [2.24, 2.45) is 0 Å². The molecule has 0 spiro atoms. The molecular formula is C16H20ClNS. The Kier molecular flexibility index (Phi) is 5.03. The van der Waals surface area contributed by atoms with Crippen molar-refractivity contribution in [3.63, 3.8) is 0 Å². The van der Waals surface area contributed by atoms with Crippen molar-refractivity contribution < 1.29 is 0 Å². The summed E-state index contributed by atoms with van der Waals surface area (Å²) in [5.74, 6) is 0. The number of aryl methyl sites for hydroxylation is 2. The van der Waals surface area contributed by atoms with E-state index in [0.717, 1.165) is 23.6 Å². The van der Waals surface area contributed by atoms with Crippen LogP contribution >= 0.6 is 22.9 Å². The van der Waals surface area contributed by atoms with E-state index in [0.29, 0.717) is 0 Å². The van der Waals surface area contributed by atoms with Crippen molar-refractivity contribution in [1.82, 2.24) is 5.32 Å². The lowest BCUT2D eigenvalue weighted by Gasteiger charge is -2.21. The average Bonchev–Trinajstić information content (AvgIpc) is 2.89. The number of halogens is 1. The summed E-state index contributed by atoms with van der Waals surface area (Å²) < 4.78 is 0. The maximum Gasteiger partial charge on any atom is 0.0673 e. The SMILES string of the molecule is CCCNC(c1cccs1)c1cc(C)c(Cl)cc1C. The third-order valence-corrected chi connectivity index (χ3v) is 4.63. The number of hydrogen-bond donors (Lipinski definition) is 1. The Hall–Kier alpha value is -0.830. The lowest BCUT2D eigenvalue weighted by molar-refractivity contribution is 0.603. The number of benzene rings is 1. The molecule has 0 bridgehead atoms. The third-order valence-electron chi connectivity index (χ3n) is 3.28. The summed E-state index contributed by atoms with van der Waals surface area (Å²) in [5.41, 5.74) is 3.72. The zero-order chi connectivity index (χ0) is 13.8. The van der Waals surface area contributed by atoms with Gasteiger partial charge >= 0.3 is 0 Å². The summed E-state index contributed by atoms with van der Waals surface area (Å²) in [6, 6.07) is 8.86. The summed E-state index contributed by atoms with van der Waals surface area (Å²) in [7, 11) is 0. The number of thiophene rings is 1. The summed E-state index contributed by atoms with van der Waals surface area (Å²) in [5, 5.41) is 6.62. The molecule has 0 radical (unpaired) electrons. The van der Waals surface area contributed by atoms with Crippen molar-refractivity contribution in [2.45, 2.75) is 33.2 Å². The summed E-state index contributed by atoms with van der Waals surface area (Å²) in [4.78, 5) is 1.36. The van der Waals surface area contributed by atoms with E-state index in [1.54, 1.807) is 11.3 Å². The van der Waals surface area contributed by atoms with Crippen LogP contribution in [0.25, 0.3) is 0 Å². The van der Waals surface area contributed by atoms with Gasteiger partial charge in [0.05, 0.1) is 6.04 Å². The first-order valence-electron chi connectivity index (χ1n) is 6.67. The van der Waals surface area contributed by atoms with Crippen LogP contribution in [0.2, 0.25) is 5.02 Å². The highest BCUT2D eigenvalue weighted by molar-refractivity contribution is 7.10. The second-order valence-electron chi connectivity index (χ2n) is 4.86. The Morgan fingerprint density at radius 2 is 2.05 bits per heavy atom. The molecule has 1 aromatic carbocycles. The van der Waals surface area contributed by atoms with Gasteiger partial charge in [0.1, 0.15) is 0 Å². The highest BCUT2D eigenvalue weighted by atomic mass is 35.5.